The van der Waals surface area contributed by atoms with Crippen LogP contribution in [0.2, 0.25) is 0 Å². The van der Waals surface area contributed by atoms with E-state index in [1.807, 2.05) is 24.7 Å². The van der Waals surface area contributed by atoms with Gasteiger partial charge in [0.05, 0.1) is 25.2 Å². The molecule has 1 aromatic heterocycles. The second-order valence-electron chi connectivity index (χ2n) is 4.71. The van der Waals surface area contributed by atoms with E-state index < -0.39 is 0 Å². The number of methoxy groups -OCH3 is 1. The molecule has 1 atom stereocenters. The summed E-state index contributed by atoms with van der Waals surface area (Å²) >= 11 is 0. The average molecular weight is 277 g/mol. The minimum absolute atomic E-state index is 0.0113. The summed E-state index contributed by atoms with van der Waals surface area (Å²) in [6.07, 6.45) is 4.24. The first-order chi connectivity index (χ1) is 9.65. The molecule has 1 unspecified atom stereocenters. The SMILES string of the molecule is CCNC(Cc1cccc(OC)c1F)c1cn(C)cn1. The van der Waals surface area contributed by atoms with Crippen molar-refractivity contribution in [2.45, 2.75) is 19.4 Å². The van der Waals surface area contributed by atoms with Crippen LogP contribution in [-0.2, 0) is 13.5 Å². The molecule has 0 aliphatic carbocycles. The molecule has 0 radical (unpaired) electrons. The molecule has 0 bridgehead atoms. The fourth-order valence-corrected chi connectivity index (χ4v) is 2.23. The van der Waals surface area contributed by atoms with Crippen molar-refractivity contribution in [3.05, 3.63) is 47.8 Å². The largest absolute Gasteiger partial charge is 0.494 e. The fraction of sp³-hybridized carbons (Fsp3) is 0.400. The number of aryl methyl sites for hydroxylation is 1. The second kappa shape index (κ2) is 6.52. The Hall–Kier alpha value is -1.88. The van der Waals surface area contributed by atoms with Gasteiger partial charge in [0.2, 0.25) is 0 Å². The number of likely N-dealkylation sites (N-methyl/N-ethyl adjacent to an activating group) is 1. The highest BCUT2D eigenvalue weighted by atomic mass is 19.1. The van der Waals surface area contributed by atoms with E-state index in [4.69, 9.17) is 4.74 Å². The van der Waals surface area contributed by atoms with Crippen LogP contribution < -0.4 is 10.1 Å². The minimum atomic E-state index is -0.297. The summed E-state index contributed by atoms with van der Waals surface area (Å²) < 4.78 is 21.1. The molecule has 1 N–H and O–H groups in total. The maximum Gasteiger partial charge on any atom is 0.168 e. The van der Waals surface area contributed by atoms with E-state index in [1.54, 1.807) is 24.5 Å². The average Bonchev–Trinajstić information content (AvgIpc) is 2.87. The van der Waals surface area contributed by atoms with Gasteiger partial charge in [0, 0.05) is 13.2 Å². The van der Waals surface area contributed by atoms with E-state index in [2.05, 4.69) is 10.3 Å². The van der Waals surface area contributed by atoms with Gasteiger partial charge in [0.25, 0.3) is 0 Å². The molecular weight excluding hydrogens is 257 g/mol. The van der Waals surface area contributed by atoms with Crippen LogP contribution in [0, 0.1) is 5.82 Å². The molecule has 0 saturated carbocycles. The van der Waals surface area contributed by atoms with Crippen LogP contribution in [0.1, 0.15) is 24.2 Å². The fourth-order valence-electron chi connectivity index (χ4n) is 2.23. The van der Waals surface area contributed by atoms with Crippen LogP contribution >= 0.6 is 0 Å². The van der Waals surface area contributed by atoms with Gasteiger partial charge in [-0.1, -0.05) is 19.1 Å². The van der Waals surface area contributed by atoms with Gasteiger partial charge in [-0.15, -0.1) is 0 Å². The molecule has 20 heavy (non-hydrogen) atoms. The zero-order chi connectivity index (χ0) is 14.5. The molecule has 0 saturated heterocycles. The van der Waals surface area contributed by atoms with Crippen molar-refractivity contribution in [3.8, 4) is 5.75 Å². The lowest BCUT2D eigenvalue weighted by molar-refractivity contribution is 0.382. The Kier molecular flexibility index (Phi) is 4.74. The highest BCUT2D eigenvalue weighted by Crippen LogP contribution is 2.24. The molecule has 0 aliphatic rings. The molecule has 0 aliphatic heterocycles. The van der Waals surface area contributed by atoms with Crippen LogP contribution in [0.3, 0.4) is 0 Å². The second-order valence-corrected chi connectivity index (χ2v) is 4.71. The van der Waals surface area contributed by atoms with Crippen molar-refractivity contribution in [3.63, 3.8) is 0 Å². The Labute approximate surface area is 118 Å². The predicted molar refractivity (Wildman–Crippen MR) is 76.3 cm³/mol. The summed E-state index contributed by atoms with van der Waals surface area (Å²) in [5, 5.41) is 3.34. The van der Waals surface area contributed by atoms with Gasteiger partial charge in [-0.3, -0.25) is 0 Å². The van der Waals surface area contributed by atoms with E-state index in [0.29, 0.717) is 12.0 Å². The molecule has 0 amide bonds. The van der Waals surface area contributed by atoms with E-state index in [1.165, 1.54) is 7.11 Å². The lowest BCUT2D eigenvalue weighted by Crippen LogP contribution is -2.23. The lowest BCUT2D eigenvalue weighted by atomic mass is 10.0. The van der Waals surface area contributed by atoms with E-state index >= 15 is 0 Å². The maximum absolute atomic E-state index is 14.2. The Balaban J connectivity index is 2.24. The van der Waals surface area contributed by atoms with E-state index in [-0.39, 0.29) is 17.6 Å². The first-order valence-corrected chi connectivity index (χ1v) is 6.68. The quantitative estimate of drug-likeness (QED) is 0.881. The number of benzene rings is 1. The molecule has 5 heteroatoms. The summed E-state index contributed by atoms with van der Waals surface area (Å²) in [6, 6.07) is 5.20. The highest BCUT2D eigenvalue weighted by molar-refractivity contribution is 5.32. The lowest BCUT2D eigenvalue weighted by Gasteiger charge is -2.17. The van der Waals surface area contributed by atoms with Crippen LogP contribution in [0.5, 0.6) is 5.75 Å². The standard InChI is InChI=1S/C15H20FN3O/c1-4-17-12(13-9-19(2)10-18-13)8-11-6-5-7-14(20-3)15(11)16/h5-7,9-10,12,17H,4,8H2,1-3H3. The van der Waals surface area contributed by atoms with Gasteiger partial charge < -0.3 is 14.6 Å². The Morgan fingerprint density at radius 1 is 1.45 bits per heavy atom. The van der Waals surface area contributed by atoms with Gasteiger partial charge in [-0.2, -0.15) is 0 Å². The van der Waals surface area contributed by atoms with Crippen LogP contribution in [0.15, 0.2) is 30.7 Å². The van der Waals surface area contributed by atoms with Crippen LogP contribution in [0.25, 0.3) is 0 Å². The van der Waals surface area contributed by atoms with Crippen molar-refractivity contribution >= 4 is 0 Å². The molecule has 0 spiro atoms. The molecule has 2 rings (SSSR count). The summed E-state index contributed by atoms with van der Waals surface area (Å²) in [4.78, 5) is 4.35. The van der Waals surface area contributed by atoms with Gasteiger partial charge in [0.1, 0.15) is 0 Å². The zero-order valence-electron chi connectivity index (χ0n) is 12.1. The first-order valence-electron chi connectivity index (χ1n) is 6.68. The molecular formula is C15H20FN3O. The number of hydrogen-bond acceptors (Lipinski definition) is 3. The number of ether oxygens (including phenoxy) is 1. The van der Waals surface area contributed by atoms with Crippen molar-refractivity contribution < 1.29 is 9.13 Å². The van der Waals surface area contributed by atoms with Crippen molar-refractivity contribution in [2.75, 3.05) is 13.7 Å². The topological polar surface area (TPSA) is 39.1 Å². The van der Waals surface area contributed by atoms with Gasteiger partial charge in [-0.25, -0.2) is 9.37 Å². The van der Waals surface area contributed by atoms with Crippen LogP contribution in [-0.4, -0.2) is 23.2 Å². The van der Waals surface area contributed by atoms with Crippen molar-refractivity contribution in [1.82, 2.24) is 14.9 Å². The van der Waals surface area contributed by atoms with Gasteiger partial charge >= 0.3 is 0 Å². The third-order valence-corrected chi connectivity index (χ3v) is 3.22. The van der Waals surface area contributed by atoms with Crippen LogP contribution in [0.4, 0.5) is 4.39 Å². The molecule has 2 aromatic rings. The Bertz CT molecular complexity index is 568. The maximum atomic E-state index is 14.2. The van der Waals surface area contributed by atoms with Crippen molar-refractivity contribution in [1.29, 1.82) is 0 Å². The summed E-state index contributed by atoms with van der Waals surface area (Å²) in [6.45, 7) is 2.82. The molecule has 1 heterocycles. The Morgan fingerprint density at radius 3 is 2.85 bits per heavy atom. The number of nitrogens with zero attached hydrogens (tertiary/aromatic N) is 2. The number of aromatic nitrogens is 2. The number of imidazole rings is 1. The van der Waals surface area contributed by atoms with E-state index in [9.17, 15) is 4.39 Å². The predicted octanol–water partition coefficient (Wildman–Crippen LogP) is 2.46. The molecule has 108 valence electrons. The number of nitrogens with one attached hydrogen (secondary N) is 1. The third-order valence-electron chi connectivity index (χ3n) is 3.22. The first kappa shape index (κ1) is 14.5. The summed E-state index contributed by atoms with van der Waals surface area (Å²) in [7, 11) is 3.40. The number of rotatable bonds is 6. The molecule has 0 fully saturated rings. The van der Waals surface area contributed by atoms with Gasteiger partial charge in [-0.05, 0) is 24.6 Å². The smallest absolute Gasteiger partial charge is 0.168 e. The van der Waals surface area contributed by atoms with Gasteiger partial charge in [0.15, 0.2) is 11.6 Å². The third kappa shape index (κ3) is 3.17. The summed E-state index contributed by atoms with van der Waals surface area (Å²) in [5.41, 5.74) is 1.54. The molecule has 4 nitrogen and oxygen atoms in total. The summed E-state index contributed by atoms with van der Waals surface area (Å²) in [5.74, 6) is -0.0207. The Morgan fingerprint density at radius 2 is 2.25 bits per heavy atom. The van der Waals surface area contributed by atoms with E-state index in [0.717, 1.165) is 12.2 Å². The monoisotopic (exact) mass is 277 g/mol. The number of halogens is 1. The molecule has 1 aromatic carbocycles. The number of hydrogen-bond donors (Lipinski definition) is 1. The normalized spacial score (nSPS) is 12.4. The zero-order valence-corrected chi connectivity index (χ0v) is 12.1. The van der Waals surface area contributed by atoms with Crippen molar-refractivity contribution in [2.24, 2.45) is 7.05 Å². The minimum Gasteiger partial charge on any atom is -0.494 e. The highest BCUT2D eigenvalue weighted by Gasteiger charge is 2.17.